The molecule has 140 valence electrons. The summed E-state index contributed by atoms with van der Waals surface area (Å²) < 4.78 is 5.21. The van der Waals surface area contributed by atoms with Crippen molar-refractivity contribution in [3.8, 4) is 0 Å². The number of fused-ring (bicyclic) bond motifs is 1. The van der Waals surface area contributed by atoms with Crippen molar-refractivity contribution in [1.29, 1.82) is 0 Å². The molecule has 0 saturated heterocycles. The number of carbonyl (C=O) groups is 3. The first-order valence-electron chi connectivity index (χ1n) is 8.56. The van der Waals surface area contributed by atoms with Gasteiger partial charge < -0.3 is 15.4 Å². The van der Waals surface area contributed by atoms with Gasteiger partial charge in [-0.05, 0) is 43.7 Å². The molecule has 1 aliphatic rings. The summed E-state index contributed by atoms with van der Waals surface area (Å²) >= 11 is 1.32. The molecule has 2 aromatic rings. The van der Waals surface area contributed by atoms with Crippen LogP contribution in [-0.2, 0) is 19.1 Å². The van der Waals surface area contributed by atoms with Gasteiger partial charge in [-0.25, -0.2) is 0 Å². The van der Waals surface area contributed by atoms with Gasteiger partial charge in [0.1, 0.15) is 0 Å². The standard InChI is InChI=1S/C20H20N2O4S/c1-12-6-5-7-14(10-12)21-19(24)13(2)26-18(23)11-17-20(25)22-15-8-3-4-9-16(15)27-17/h3-10,13,17H,11H2,1-2H3,(H,21,24)(H,22,25). The summed E-state index contributed by atoms with van der Waals surface area (Å²) in [5.41, 5.74) is 2.39. The number of thioether (sulfide) groups is 1. The molecule has 6 nitrogen and oxygen atoms in total. The Bertz CT molecular complexity index is 884. The van der Waals surface area contributed by atoms with Crippen molar-refractivity contribution in [3.63, 3.8) is 0 Å². The molecule has 0 bridgehead atoms. The molecular weight excluding hydrogens is 364 g/mol. The molecule has 3 rings (SSSR count). The lowest BCUT2D eigenvalue weighted by atomic mass is 10.2. The molecule has 0 spiro atoms. The highest BCUT2D eigenvalue weighted by Gasteiger charge is 2.30. The number of esters is 1. The summed E-state index contributed by atoms with van der Waals surface area (Å²) in [6.45, 7) is 3.43. The van der Waals surface area contributed by atoms with Crippen LogP contribution in [0.15, 0.2) is 53.4 Å². The molecule has 2 atom stereocenters. The predicted molar refractivity (Wildman–Crippen MR) is 105 cm³/mol. The van der Waals surface area contributed by atoms with Crippen LogP contribution in [0.25, 0.3) is 0 Å². The molecular formula is C20H20N2O4S. The Hall–Kier alpha value is -2.80. The van der Waals surface area contributed by atoms with E-state index in [0.717, 1.165) is 16.1 Å². The maximum atomic E-state index is 12.2. The zero-order chi connectivity index (χ0) is 19.4. The number of para-hydroxylation sites is 1. The van der Waals surface area contributed by atoms with Crippen molar-refractivity contribution in [1.82, 2.24) is 0 Å². The highest BCUT2D eigenvalue weighted by molar-refractivity contribution is 8.01. The lowest BCUT2D eigenvalue weighted by Crippen LogP contribution is -2.34. The van der Waals surface area contributed by atoms with Crippen molar-refractivity contribution < 1.29 is 19.1 Å². The van der Waals surface area contributed by atoms with Crippen molar-refractivity contribution in [2.75, 3.05) is 10.6 Å². The van der Waals surface area contributed by atoms with Crippen molar-refractivity contribution >= 4 is 40.9 Å². The number of anilines is 2. The van der Waals surface area contributed by atoms with Crippen molar-refractivity contribution in [2.24, 2.45) is 0 Å². The molecule has 2 amide bonds. The molecule has 2 N–H and O–H groups in total. The summed E-state index contributed by atoms with van der Waals surface area (Å²) in [5, 5.41) is 4.91. The third kappa shape index (κ3) is 4.89. The number of ether oxygens (including phenoxy) is 1. The average Bonchev–Trinajstić information content (AvgIpc) is 2.62. The summed E-state index contributed by atoms with van der Waals surface area (Å²) in [6.07, 6.45) is -1.06. The molecule has 2 unspecified atom stereocenters. The Labute approximate surface area is 161 Å². The number of amides is 2. The molecule has 1 heterocycles. The van der Waals surface area contributed by atoms with E-state index in [1.165, 1.54) is 18.7 Å². The first kappa shape index (κ1) is 19.0. The second-order valence-corrected chi connectivity index (χ2v) is 7.53. The van der Waals surface area contributed by atoms with E-state index in [4.69, 9.17) is 4.74 Å². The SMILES string of the molecule is Cc1cccc(NC(=O)C(C)OC(=O)CC2Sc3ccccc3NC2=O)c1. The van der Waals surface area contributed by atoms with Gasteiger partial charge in [-0.15, -0.1) is 11.8 Å². The lowest BCUT2D eigenvalue weighted by molar-refractivity contribution is -0.153. The molecule has 0 aromatic heterocycles. The van der Waals surface area contributed by atoms with Crippen LogP contribution in [0.5, 0.6) is 0 Å². The average molecular weight is 384 g/mol. The molecule has 1 aliphatic heterocycles. The maximum Gasteiger partial charge on any atom is 0.308 e. The summed E-state index contributed by atoms with van der Waals surface area (Å²) in [5.74, 6) is -1.25. The highest BCUT2D eigenvalue weighted by Crippen LogP contribution is 2.36. The van der Waals surface area contributed by atoms with E-state index in [-0.39, 0.29) is 12.3 Å². The minimum Gasteiger partial charge on any atom is -0.452 e. The van der Waals surface area contributed by atoms with E-state index >= 15 is 0 Å². The van der Waals surface area contributed by atoms with Crippen LogP contribution in [-0.4, -0.2) is 29.1 Å². The number of benzene rings is 2. The van der Waals surface area contributed by atoms with Crippen LogP contribution in [0.3, 0.4) is 0 Å². The molecule has 2 aromatic carbocycles. The fourth-order valence-corrected chi connectivity index (χ4v) is 3.74. The maximum absolute atomic E-state index is 12.2. The van der Waals surface area contributed by atoms with E-state index in [1.54, 1.807) is 6.07 Å². The third-order valence-corrected chi connectivity index (χ3v) is 5.30. The summed E-state index contributed by atoms with van der Waals surface area (Å²) in [6, 6.07) is 14.7. The van der Waals surface area contributed by atoms with Gasteiger partial charge in [0.05, 0.1) is 17.4 Å². The Balaban J connectivity index is 1.54. The van der Waals surface area contributed by atoms with Crippen LogP contribution in [0, 0.1) is 6.92 Å². The van der Waals surface area contributed by atoms with Gasteiger partial charge in [-0.3, -0.25) is 14.4 Å². The highest BCUT2D eigenvalue weighted by atomic mass is 32.2. The van der Waals surface area contributed by atoms with Crippen molar-refractivity contribution in [2.45, 2.75) is 36.5 Å². The van der Waals surface area contributed by atoms with Crippen molar-refractivity contribution in [3.05, 3.63) is 54.1 Å². The second-order valence-electron chi connectivity index (χ2n) is 6.29. The Morgan fingerprint density at radius 2 is 2.00 bits per heavy atom. The fraction of sp³-hybridized carbons (Fsp3) is 0.250. The Morgan fingerprint density at radius 1 is 1.22 bits per heavy atom. The zero-order valence-electron chi connectivity index (χ0n) is 15.0. The number of hydrogen-bond donors (Lipinski definition) is 2. The van der Waals surface area contributed by atoms with Gasteiger partial charge in [0.25, 0.3) is 5.91 Å². The molecule has 0 fully saturated rings. The number of hydrogen-bond acceptors (Lipinski definition) is 5. The molecule has 0 saturated carbocycles. The van der Waals surface area contributed by atoms with Gasteiger partial charge in [0, 0.05) is 10.6 Å². The predicted octanol–water partition coefficient (Wildman–Crippen LogP) is 3.37. The van der Waals surface area contributed by atoms with Gasteiger partial charge in [-0.2, -0.15) is 0 Å². The summed E-state index contributed by atoms with van der Waals surface area (Å²) in [7, 11) is 0. The number of rotatable bonds is 5. The van der Waals surface area contributed by atoms with E-state index in [1.807, 2.05) is 49.4 Å². The normalized spacial score (nSPS) is 16.7. The van der Waals surface area contributed by atoms with E-state index in [0.29, 0.717) is 5.69 Å². The second kappa shape index (κ2) is 8.26. The van der Waals surface area contributed by atoms with Crippen LogP contribution >= 0.6 is 11.8 Å². The largest absolute Gasteiger partial charge is 0.452 e. The molecule has 7 heteroatoms. The number of carbonyl (C=O) groups excluding carboxylic acids is 3. The van der Waals surface area contributed by atoms with Gasteiger partial charge in [0.15, 0.2) is 6.10 Å². The molecule has 0 aliphatic carbocycles. The minimum atomic E-state index is -0.957. The van der Waals surface area contributed by atoms with E-state index in [2.05, 4.69) is 10.6 Å². The summed E-state index contributed by atoms with van der Waals surface area (Å²) in [4.78, 5) is 37.5. The first-order valence-corrected chi connectivity index (χ1v) is 9.44. The Morgan fingerprint density at radius 3 is 2.78 bits per heavy atom. The monoisotopic (exact) mass is 384 g/mol. The lowest BCUT2D eigenvalue weighted by Gasteiger charge is -2.23. The first-order chi connectivity index (χ1) is 12.9. The number of nitrogens with one attached hydrogen (secondary N) is 2. The quantitative estimate of drug-likeness (QED) is 0.772. The molecule has 27 heavy (non-hydrogen) atoms. The Kier molecular flexibility index (Phi) is 5.81. The third-order valence-electron chi connectivity index (χ3n) is 4.02. The smallest absolute Gasteiger partial charge is 0.308 e. The van der Waals surface area contributed by atoms with E-state index < -0.39 is 23.2 Å². The number of aryl methyl sites for hydroxylation is 1. The van der Waals surface area contributed by atoms with Gasteiger partial charge in [0.2, 0.25) is 5.91 Å². The molecule has 0 radical (unpaired) electrons. The van der Waals surface area contributed by atoms with Crippen LogP contribution in [0.1, 0.15) is 18.9 Å². The van der Waals surface area contributed by atoms with Crippen LogP contribution in [0.4, 0.5) is 11.4 Å². The van der Waals surface area contributed by atoms with Crippen LogP contribution < -0.4 is 10.6 Å². The van der Waals surface area contributed by atoms with Crippen LogP contribution in [0.2, 0.25) is 0 Å². The topological polar surface area (TPSA) is 84.5 Å². The fourth-order valence-electron chi connectivity index (χ4n) is 2.64. The van der Waals surface area contributed by atoms with Gasteiger partial charge in [-0.1, -0.05) is 24.3 Å². The van der Waals surface area contributed by atoms with Gasteiger partial charge >= 0.3 is 5.97 Å². The zero-order valence-corrected chi connectivity index (χ0v) is 15.8. The van der Waals surface area contributed by atoms with E-state index in [9.17, 15) is 14.4 Å². The minimum absolute atomic E-state index is 0.104.